The van der Waals surface area contributed by atoms with Gasteiger partial charge in [-0.25, -0.2) is 9.97 Å². The SMILES string of the molecule is O=C([O-])/C=C/C(=O)[O-].c1ccc2c[nH+]ccc2c1.c1ccc2c[nH+]ccc2c1. The van der Waals surface area contributed by atoms with Crippen LogP contribution >= 0.6 is 0 Å². The number of rotatable bonds is 2. The first kappa shape index (κ1) is 20.3. The van der Waals surface area contributed by atoms with Crippen molar-refractivity contribution in [1.82, 2.24) is 0 Å². The van der Waals surface area contributed by atoms with Gasteiger partial charge in [-0.1, -0.05) is 36.4 Å². The number of pyridine rings is 2. The Labute approximate surface area is 161 Å². The molecule has 0 unspecified atom stereocenters. The van der Waals surface area contributed by atoms with Crippen LogP contribution < -0.4 is 20.2 Å². The quantitative estimate of drug-likeness (QED) is 0.472. The maximum Gasteiger partial charge on any atom is 0.174 e. The lowest BCUT2D eigenvalue weighted by Gasteiger charge is -1.90. The number of hydrogen-bond acceptors (Lipinski definition) is 4. The van der Waals surface area contributed by atoms with E-state index in [0.717, 1.165) is 0 Å². The molecule has 28 heavy (non-hydrogen) atoms. The van der Waals surface area contributed by atoms with Gasteiger partial charge >= 0.3 is 0 Å². The fourth-order valence-electron chi connectivity index (χ4n) is 2.28. The average Bonchev–Trinajstić information content (AvgIpc) is 2.73. The largest absolute Gasteiger partial charge is 0.545 e. The van der Waals surface area contributed by atoms with Crippen LogP contribution in [0.25, 0.3) is 21.5 Å². The second kappa shape index (κ2) is 10.8. The monoisotopic (exact) mass is 374 g/mol. The fourth-order valence-corrected chi connectivity index (χ4v) is 2.28. The number of aromatic nitrogens is 2. The molecule has 0 aliphatic carbocycles. The van der Waals surface area contributed by atoms with Gasteiger partial charge in [0, 0.05) is 22.9 Å². The average molecular weight is 374 g/mol. The van der Waals surface area contributed by atoms with Crippen molar-refractivity contribution in [3.63, 3.8) is 0 Å². The molecular formula is C22H18N2O4. The first-order chi connectivity index (χ1) is 13.6. The van der Waals surface area contributed by atoms with Gasteiger partial charge in [0.15, 0.2) is 24.8 Å². The zero-order chi connectivity index (χ0) is 20.2. The number of H-pyrrole nitrogens is 2. The number of aromatic amines is 2. The summed E-state index contributed by atoms with van der Waals surface area (Å²) < 4.78 is 0. The highest BCUT2D eigenvalue weighted by molar-refractivity contribution is 5.87. The lowest BCUT2D eigenvalue weighted by Crippen LogP contribution is -2.23. The van der Waals surface area contributed by atoms with E-state index >= 15 is 0 Å². The molecule has 0 atom stereocenters. The second-order valence-corrected chi connectivity index (χ2v) is 5.52. The van der Waals surface area contributed by atoms with Crippen LogP contribution in [0, 0.1) is 0 Å². The lowest BCUT2D eigenvalue weighted by atomic mass is 10.2. The molecule has 6 heteroatoms. The molecule has 0 radical (unpaired) electrons. The van der Waals surface area contributed by atoms with Crippen LogP contribution in [0.15, 0.2) is 97.6 Å². The van der Waals surface area contributed by atoms with Gasteiger partial charge in [0.25, 0.3) is 0 Å². The van der Waals surface area contributed by atoms with Crippen LogP contribution in [-0.4, -0.2) is 11.9 Å². The highest BCUT2D eigenvalue weighted by Crippen LogP contribution is 2.08. The zero-order valence-electron chi connectivity index (χ0n) is 14.9. The van der Waals surface area contributed by atoms with Crippen molar-refractivity contribution in [3.05, 3.63) is 97.6 Å². The summed E-state index contributed by atoms with van der Waals surface area (Å²) in [6.07, 6.45) is 8.62. The third-order valence-corrected chi connectivity index (χ3v) is 3.54. The number of benzene rings is 2. The van der Waals surface area contributed by atoms with Gasteiger partial charge in [-0.3, -0.25) is 0 Å². The number of carbonyl (C=O) groups excluding carboxylic acids is 2. The third kappa shape index (κ3) is 7.05. The van der Waals surface area contributed by atoms with Gasteiger partial charge in [-0.05, 0) is 35.1 Å². The Morgan fingerprint density at radius 1 is 0.607 bits per heavy atom. The highest BCUT2D eigenvalue weighted by atomic mass is 16.4. The van der Waals surface area contributed by atoms with Crippen LogP contribution in [0.4, 0.5) is 0 Å². The summed E-state index contributed by atoms with van der Waals surface area (Å²) in [5, 5.41) is 23.9. The molecule has 140 valence electrons. The molecule has 0 saturated heterocycles. The van der Waals surface area contributed by atoms with Gasteiger partial charge in [0.1, 0.15) is 0 Å². The molecule has 6 nitrogen and oxygen atoms in total. The third-order valence-electron chi connectivity index (χ3n) is 3.54. The second-order valence-electron chi connectivity index (χ2n) is 5.52. The van der Waals surface area contributed by atoms with Gasteiger partial charge < -0.3 is 19.8 Å². The summed E-state index contributed by atoms with van der Waals surface area (Å²) in [5.74, 6) is -3.09. The van der Waals surface area contributed by atoms with Crippen LogP contribution in [0.3, 0.4) is 0 Å². The number of carbonyl (C=O) groups is 2. The topological polar surface area (TPSA) is 109 Å². The van der Waals surface area contributed by atoms with E-state index in [-0.39, 0.29) is 0 Å². The Balaban J connectivity index is 0.000000152. The predicted octanol–water partition coefficient (Wildman–Crippen LogP) is 0.350. The van der Waals surface area contributed by atoms with E-state index in [4.69, 9.17) is 0 Å². The first-order valence-corrected chi connectivity index (χ1v) is 8.36. The minimum atomic E-state index is -1.55. The predicted molar refractivity (Wildman–Crippen MR) is 100 cm³/mol. The van der Waals surface area contributed by atoms with E-state index in [0.29, 0.717) is 12.2 Å². The standard InChI is InChI=1S/2C9H7N.C4H4O4/c2*1-2-4-9-7-10-6-5-8(9)3-1;5-3(6)1-2-4(7)8/h2*1-7H;1-2H,(H,5,6)(H,7,8)/b;;2-1+. The van der Waals surface area contributed by atoms with E-state index in [1.807, 2.05) is 49.1 Å². The molecule has 0 aliphatic heterocycles. The molecule has 0 saturated carbocycles. The Kier molecular flexibility index (Phi) is 7.83. The normalized spacial score (nSPS) is 9.86. The molecule has 0 aliphatic rings. The molecule has 0 bridgehead atoms. The van der Waals surface area contributed by atoms with Gasteiger partial charge in [-0.2, -0.15) is 0 Å². The smallest absolute Gasteiger partial charge is 0.174 e. The zero-order valence-corrected chi connectivity index (χ0v) is 14.9. The number of hydrogen-bond donors (Lipinski definition) is 0. The summed E-state index contributed by atoms with van der Waals surface area (Å²) in [6, 6.07) is 20.7. The van der Waals surface area contributed by atoms with Crippen molar-refractivity contribution in [2.24, 2.45) is 0 Å². The van der Waals surface area contributed by atoms with Crippen molar-refractivity contribution in [1.29, 1.82) is 0 Å². The first-order valence-electron chi connectivity index (χ1n) is 8.36. The number of aliphatic carboxylic acids is 2. The summed E-state index contributed by atoms with van der Waals surface area (Å²) in [5.41, 5.74) is 0. The molecule has 2 N–H and O–H groups in total. The van der Waals surface area contributed by atoms with E-state index < -0.39 is 11.9 Å². The van der Waals surface area contributed by atoms with E-state index in [1.54, 1.807) is 0 Å². The Morgan fingerprint density at radius 3 is 1.29 bits per heavy atom. The van der Waals surface area contributed by atoms with Crippen molar-refractivity contribution in [2.75, 3.05) is 0 Å². The van der Waals surface area contributed by atoms with Crippen molar-refractivity contribution in [2.45, 2.75) is 0 Å². The lowest BCUT2D eigenvalue weighted by molar-refractivity contribution is -0.376. The molecule has 0 amide bonds. The fraction of sp³-hybridized carbons (Fsp3) is 0. The maximum atomic E-state index is 9.41. The van der Waals surface area contributed by atoms with Crippen LogP contribution in [0.2, 0.25) is 0 Å². The van der Waals surface area contributed by atoms with E-state index in [1.165, 1.54) is 21.5 Å². The van der Waals surface area contributed by atoms with Crippen molar-refractivity contribution in [3.8, 4) is 0 Å². The summed E-state index contributed by atoms with van der Waals surface area (Å²) >= 11 is 0. The van der Waals surface area contributed by atoms with Crippen molar-refractivity contribution >= 4 is 33.5 Å². The summed E-state index contributed by atoms with van der Waals surface area (Å²) in [7, 11) is 0. The number of carboxylic acid groups (broad SMARTS) is 2. The van der Waals surface area contributed by atoms with Crippen molar-refractivity contribution < 1.29 is 29.8 Å². The molecule has 4 rings (SSSR count). The Bertz CT molecular complexity index is 876. The highest BCUT2D eigenvalue weighted by Gasteiger charge is 1.91. The summed E-state index contributed by atoms with van der Waals surface area (Å²) in [6.45, 7) is 0. The van der Waals surface area contributed by atoms with Gasteiger partial charge in [0.05, 0.1) is 11.9 Å². The van der Waals surface area contributed by atoms with Crippen LogP contribution in [0.1, 0.15) is 0 Å². The number of nitrogens with one attached hydrogen (secondary N) is 2. The maximum absolute atomic E-state index is 9.41. The number of carboxylic acids is 2. The molecular weight excluding hydrogens is 356 g/mol. The van der Waals surface area contributed by atoms with E-state index in [2.05, 4.69) is 46.4 Å². The van der Waals surface area contributed by atoms with E-state index in [9.17, 15) is 19.8 Å². The minimum Gasteiger partial charge on any atom is -0.545 e. The molecule has 2 aromatic heterocycles. The Hall–Kier alpha value is -4.06. The van der Waals surface area contributed by atoms with Crippen LogP contribution in [0.5, 0.6) is 0 Å². The molecule has 0 fully saturated rings. The van der Waals surface area contributed by atoms with Crippen LogP contribution in [-0.2, 0) is 9.59 Å². The van der Waals surface area contributed by atoms with Gasteiger partial charge in [0.2, 0.25) is 0 Å². The molecule has 2 heterocycles. The molecule has 4 aromatic rings. The summed E-state index contributed by atoms with van der Waals surface area (Å²) in [4.78, 5) is 24.9. The van der Waals surface area contributed by atoms with Gasteiger partial charge in [-0.15, -0.1) is 0 Å². The molecule has 2 aromatic carbocycles. The number of fused-ring (bicyclic) bond motifs is 2. The Morgan fingerprint density at radius 2 is 0.964 bits per heavy atom. The molecule has 0 spiro atoms. The minimum absolute atomic E-state index is 0.384.